The monoisotopic (exact) mass is 297 g/mol. The topological polar surface area (TPSA) is 67.6 Å². The van der Waals surface area contributed by atoms with Gasteiger partial charge in [0.15, 0.2) is 0 Å². The predicted octanol–water partition coefficient (Wildman–Crippen LogP) is 1.26. The molecule has 1 heterocycles. The van der Waals surface area contributed by atoms with E-state index in [1.54, 1.807) is 0 Å². The maximum absolute atomic E-state index is 11.9. The first kappa shape index (κ1) is 16.7. The molecule has 21 heavy (non-hydrogen) atoms. The van der Waals surface area contributed by atoms with Crippen LogP contribution in [0.15, 0.2) is 0 Å². The summed E-state index contributed by atoms with van der Waals surface area (Å²) < 4.78 is 5.70. The van der Waals surface area contributed by atoms with Gasteiger partial charge in [-0.2, -0.15) is 0 Å². The summed E-state index contributed by atoms with van der Waals surface area (Å²) in [7, 11) is 0. The lowest BCUT2D eigenvalue weighted by Gasteiger charge is -2.39. The van der Waals surface area contributed by atoms with E-state index in [-0.39, 0.29) is 5.91 Å². The van der Waals surface area contributed by atoms with Crippen LogP contribution in [0.25, 0.3) is 0 Å². The van der Waals surface area contributed by atoms with Gasteiger partial charge in [0.1, 0.15) is 0 Å². The molecule has 2 rings (SSSR count). The number of nitrogens with zero attached hydrogens (tertiary/aromatic N) is 1. The summed E-state index contributed by atoms with van der Waals surface area (Å²) >= 11 is 0. The van der Waals surface area contributed by atoms with Crippen molar-refractivity contribution in [3.8, 4) is 0 Å². The average molecular weight is 297 g/mol. The zero-order chi connectivity index (χ0) is 15.5. The molecule has 0 aromatic carbocycles. The van der Waals surface area contributed by atoms with Crippen molar-refractivity contribution in [2.75, 3.05) is 19.7 Å². The van der Waals surface area contributed by atoms with Crippen LogP contribution in [0.3, 0.4) is 0 Å². The molecular weight excluding hydrogens is 266 g/mol. The summed E-state index contributed by atoms with van der Waals surface area (Å²) in [6.07, 6.45) is 5.68. The molecule has 1 amide bonds. The van der Waals surface area contributed by atoms with Crippen LogP contribution in [0.2, 0.25) is 0 Å². The van der Waals surface area contributed by atoms with E-state index in [1.165, 1.54) is 0 Å². The summed E-state index contributed by atoms with van der Waals surface area (Å²) in [6.45, 7) is 9.10. The number of hydrogen-bond donors (Lipinski definition) is 2. The number of carbonyl (C=O) groups excluding carboxylic acids is 1. The Hall–Kier alpha value is -0.650. The van der Waals surface area contributed by atoms with Gasteiger partial charge in [-0.3, -0.25) is 4.79 Å². The second kappa shape index (κ2) is 7.07. The minimum atomic E-state index is -0.586. The summed E-state index contributed by atoms with van der Waals surface area (Å²) in [5, 5.41) is 3.44. The Labute approximate surface area is 128 Å². The molecule has 1 aliphatic heterocycles. The fourth-order valence-corrected chi connectivity index (χ4v) is 3.35. The van der Waals surface area contributed by atoms with E-state index in [1.807, 2.05) is 6.92 Å². The highest BCUT2D eigenvalue weighted by Gasteiger charge is 2.39. The molecule has 0 spiro atoms. The highest BCUT2D eigenvalue weighted by Crippen LogP contribution is 2.26. The van der Waals surface area contributed by atoms with E-state index < -0.39 is 5.54 Å². The zero-order valence-electron chi connectivity index (χ0n) is 13.7. The molecule has 1 saturated heterocycles. The third kappa shape index (κ3) is 4.66. The molecule has 1 saturated carbocycles. The first-order valence-corrected chi connectivity index (χ1v) is 8.38. The van der Waals surface area contributed by atoms with E-state index in [0.717, 1.165) is 51.8 Å². The van der Waals surface area contributed by atoms with Crippen molar-refractivity contribution in [1.82, 2.24) is 10.2 Å². The van der Waals surface area contributed by atoms with Gasteiger partial charge in [0.25, 0.3) is 0 Å². The van der Waals surface area contributed by atoms with Gasteiger partial charge < -0.3 is 20.7 Å². The molecule has 0 aromatic rings. The number of likely N-dealkylation sites (tertiary alicyclic amines) is 1. The van der Waals surface area contributed by atoms with Gasteiger partial charge in [-0.25, -0.2) is 0 Å². The summed E-state index contributed by atoms with van der Waals surface area (Å²) in [4.78, 5) is 14.3. The van der Waals surface area contributed by atoms with Gasteiger partial charge in [0.2, 0.25) is 5.91 Å². The Bertz CT molecular complexity index is 351. The molecule has 122 valence electrons. The first-order chi connectivity index (χ1) is 9.94. The zero-order valence-corrected chi connectivity index (χ0v) is 13.7. The van der Waals surface area contributed by atoms with Gasteiger partial charge in [-0.15, -0.1) is 0 Å². The van der Waals surface area contributed by atoms with Crippen molar-refractivity contribution >= 4 is 5.91 Å². The van der Waals surface area contributed by atoms with Crippen LogP contribution in [0.4, 0.5) is 0 Å². The van der Waals surface area contributed by atoms with Gasteiger partial charge >= 0.3 is 0 Å². The van der Waals surface area contributed by atoms with Crippen molar-refractivity contribution in [3.05, 3.63) is 0 Å². The van der Waals surface area contributed by atoms with Crippen molar-refractivity contribution < 1.29 is 9.53 Å². The number of hydrogen-bond acceptors (Lipinski definition) is 4. The average Bonchev–Trinajstić information content (AvgIpc) is 3.23. The Morgan fingerprint density at radius 1 is 1.38 bits per heavy atom. The number of carbonyl (C=O) groups is 1. The molecule has 2 fully saturated rings. The lowest BCUT2D eigenvalue weighted by molar-refractivity contribution is -0.124. The Balaban J connectivity index is 1.84. The number of rotatable bonds is 8. The van der Waals surface area contributed by atoms with Crippen molar-refractivity contribution in [2.45, 2.75) is 76.6 Å². The molecule has 0 radical (unpaired) electrons. The van der Waals surface area contributed by atoms with Crippen molar-refractivity contribution in [1.29, 1.82) is 0 Å². The SMILES string of the molecule is CCOC1CCN(C(C)CC(C)(NC2CC2)C(N)=O)CC1. The maximum atomic E-state index is 11.9. The summed E-state index contributed by atoms with van der Waals surface area (Å²) in [5.41, 5.74) is 5.06. The molecule has 2 atom stereocenters. The molecule has 5 nitrogen and oxygen atoms in total. The minimum Gasteiger partial charge on any atom is -0.378 e. The lowest BCUT2D eigenvalue weighted by atomic mass is 9.91. The van der Waals surface area contributed by atoms with Crippen LogP contribution in [0, 0.1) is 0 Å². The van der Waals surface area contributed by atoms with Gasteiger partial charge in [-0.1, -0.05) is 0 Å². The Morgan fingerprint density at radius 3 is 2.48 bits per heavy atom. The number of piperidine rings is 1. The van der Waals surface area contributed by atoms with Crippen LogP contribution < -0.4 is 11.1 Å². The number of primary amides is 1. The summed E-state index contributed by atoms with van der Waals surface area (Å²) in [6, 6.07) is 0.842. The Morgan fingerprint density at radius 2 is 2.00 bits per heavy atom. The number of amides is 1. The molecule has 3 N–H and O–H groups in total. The van der Waals surface area contributed by atoms with Gasteiger partial charge in [-0.05, 0) is 52.9 Å². The fraction of sp³-hybridized carbons (Fsp3) is 0.938. The second-order valence-corrected chi connectivity index (χ2v) is 6.86. The summed E-state index contributed by atoms with van der Waals surface area (Å²) in [5.74, 6) is -0.231. The van der Waals surface area contributed by atoms with Crippen LogP contribution in [-0.4, -0.2) is 54.2 Å². The highest BCUT2D eigenvalue weighted by molar-refractivity contribution is 5.84. The van der Waals surface area contributed by atoms with Crippen molar-refractivity contribution in [3.63, 3.8) is 0 Å². The number of nitrogens with one attached hydrogen (secondary N) is 1. The molecule has 0 aromatic heterocycles. The number of ether oxygens (including phenoxy) is 1. The largest absolute Gasteiger partial charge is 0.378 e. The van der Waals surface area contributed by atoms with Gasteiger partial charge in [0, 0.05) is 31.8 Å². The molecule has 0 bridgehead atoms. The van der Waals surface area contributed by atoms with Crippen LogP contribution >= 0.6 is 0 Å². The van der Waals surface area contributed by atoms with Crippen LogP contribution in [0.5, 0.6) is 0 Å². The third-order valence-electron chi connectivity index (χ3n) is 4.85. The van der Waals surface area contributed by atoms with E-state index in [4.69, 9.17) is 10.5 Å². The van der Waals surface area contributed by atoms with E-state index in [2.05, 4.69) is 24.1 Å². The molecule has 1 aliphatic carbocycles. The number of nitrogens with two attached hydrogens (primary N) is 1. The van der Waals surface area contributed by atoms with E-state index in [0.29, 0.717) is 18.2 Å². The minimum absolute atomic E-state index is 0.231. The lowest BCUT2D eigenvalue weighted by Crippen LogP contribution is -2.57. The smallest absolute Gasteiger partial charge is 0.237 e. The van der Waals surface area contributed by atoms with Crippen LogP contribution in [-0.2, 0) is 9.53 Å². The predicted molar refractivity (Wildman–Crippen MR) is 84.1 cm³/mol. The normalized spacial score (nSPS) is 25.5. The third-order valence-corrected chi connectivity index (χ3v) is 4.85. The van der Waals surface area contributed by atoms with Gasteiger partial charge in [0.05, 0.1) is 11.6 Å². The quantitative estimate of drug-likeness (QED) is 0.708. The second-order valence-electron chi connectivity index (χ2n) is 6.86. The fourth-order valence-electron chi connectivity index (χ4n) is 3.35. The van der Waals surface area contributed by atoms with Crippen molar-refractivity contribution in [2.24, 2.45) is 5.73 Å². The molecule has 2 aliphatic rings. The van der Waals surface area contributed by atoms with E-state index in [9.17, 15) is 4.79 Å². The molecule has 2 unspecified atom stereocenters. The van der Waals surface area contributed by atoms with Crippen LogP contribution in [0.1, 0.15) is 52.9 Å². The highest BCUT2D eigenvalue weighted by atomic mass is 16.5. The maximum Gasteiger partial charge on any atom is 0.237 e. The van der Waals surface area contributed by atoms with E-state index >= 15 is 0 Å². The molecular formula is C16H31N3O2. The standard InChI is InChI=1S/C16H31N3O2/c1-4-21-14-7-9-19(10-8-14)12(2)11-16(3,15(17)20)18-13-5-6-13/h12-14,18H,4-11H2,1-3H3,(H2,17,20). The first-order valence-electron chi connectivity index (χ1n) is 8.38. The molecule has 5 heteroatoms. The Kier molecular flexibility index (Phi) is 5.63.